The first-order valence-corrected chi connectivity index (χ1v) is 5.72. The molecule has 1 rings (SSSR count). The lowest BCUT2D eigenvalue weighted by Crippen LogP contribution is -2.35. The smallest absolute Gasteiger partial charge is 0.408 e. The average molecular weight is 254 g/mol. The summed E-state index contributed by atoms with van der Waals surface area (Å²) in [5.74, 6) is -0.257. The second-order valence-corrected chi connectivity index (χ2v) is 4.71. The normalized spacial score (nSPS) is 11.1. The maximum atomic E-state index is 11.8. The van der Waals surface area contributed by atoms with Crippen LogP contribution in [0.3, 0.4) is 0 Å². The van der Waals surface area contributed by atoms with E-state index in [1.807, 2.05) is 6.92 Å². The fourth-order valence-electron chi connectivity index (χ4n) is 1.26. The molecule has 0 atom stereocenters. The Bertz CT molecular complexity index is 434. The molecule has 7 nitrogen and oxygen atoms in total. The van der Waals surface area contributed by atoms with Gasteiger partial charge in [0.1, 0.15) is 11.3 Å². The topological polar surface area (TPSA) is 86.1 Å². The number of carbonyl (C=O) groups is 2. The summed E-state index contributed by atoms with van der Waals surface area (Å²) in [4.78, 5) is 23.1. The van der Waals surface area contributed by atoms with Crippen molar-refractivity contribution in [3.05, 3.63) is 11.9 Å². The number of alkyl carbamates (subject to hydrolysis) is 1. The molecule has 0 radical (unpaired) electrons. The minimum Gasteiger partial charge on any atom is -0.444 e. The number of aryl methyl sites for hydroxylation is 1. The number of nitrogens with one attached hydrogen (secondary N) is 1. The molecule has 0 aromatic carbocycles. The van der Waals surface area contributed by atoms with E-state index in [2.05, 4.69) is 15.6 Å². The molecule has 100 valence electrons. The Morgan fingerprint density at radius 3 is 2.67 bits per heavy atom. The van der Waals surface area contributed by atoms with Crippen molar-refractivity contribution in [3.63, 3.8) is 0 Å². The first-order valence-electron chi connectivity index (χ1n) is 5.72. The molecule has 1 aromatic rings. The highest BCUT2D eigenvalue weighted by molar-refractivity contribution is 5.97. The number of hydrogen-bond donors (Lipinski definition) is 1. The first kappa shape index (κ1) is 14.1. The lowest BCUT2D eigenvalue weighted by molar-refractivity contribution is 0.0520. The van der Waals surface area contributed by atoms with Gasteiger partial charge in [-0.25, -0.2) is 9.48 Å². The largest absolute Gasteiger partial charge is 0.444 e. The monoisotopic (exact) mass is 254 g/mol. The maximum absolute atomic E-state index is 11.8. The molecule has 1 aromatic heterocycles. The Balaban J connectivity index is 2.49. The molecule has 0 saturated carbocycles. The van der Waals surface area contributed by atoms with Crippen molar-refractivity contribution < 1.29 is 14.3 Å². The van der Waals surface area contributed by atoms with Gasteiger partial charge in [0.25, 0.3) is 0 Å². The minimum atomic E-state index is -0.619. The van der Waals surface area contributed by atoms with Crippen molar-refractivity contribution in [2.24, 2.45) is 0 Å². The summed E-state index contributed by atoms with van der Waals surface area (Å²) >= 11 is 0. The zero-order valence-electron chi connectivity index (χ0n) is 11.1. The second-order valence-electron chi connectivity index (χ2n) is 4.71. The molecule has 0 fully saturated rings. The van der Waals surface area contributed by atoms with Crippen molar-refractivity contribution in [2.75, 3.05) is 6.54 Å². The molecule has 0 saturated heterocycles. The molecule has 0 aliphatic carbocycles. The van der Waals surface area contributed by atoms with Gasteiger partial charge in [0.05, 0.1) is 12.7 Å². The quantitative estimate of drug-likeness (QED) is 0.810. The number of aromatic nitrogens is 3. The third-order valence-electron chi connectivity index (χ3n) is 2.00. The Morgan fingerprint density at radius 2 is 2.11 bits per heavy atom. The van der Waals surface area contributed by atoms with E-state index in [1.54, 1.807) is 20.8 Å². The lowest BCUT2D eigenvalue weighted by atomic mass is 10.2. The fourth-order valence-corrected chi connectivity index (χ4v) is 1.26. The first-order chi connectivity index (χ1) is 8.33. The van der Waals surface area contributed by atoms with Gasteiger partial charge < -0.3 is 10.1 Å². The Hall–Kier alpha value is -1.92. The SMILES string of the molecule is CCn1nncc1C(=O)CNC(=O)OC(C)(C)C. The van der Waals surface area contributed by atoms with E-state index in [0.29, 0.717) is 12.2 Å². The van der Waals surface area contributed by atoms with Gasteiger partial charge in [-0.2, -0.15) is 0 Å². The van der Waals surface area contributed by atoms with Crippen LogP contribution in [-0.2, 0) is 11.3 Å². The van der Waals surface area contributed by atoms with Crippen LogP contribution >= 0.6 is 0 Å². The average Bonchev–Trinajstić information content (AvgIpc) is 2.71. The van der Waals surface area contributed by atoms with E-state index >= 15 is 0 Å². The highest BCUT2D eigenvalue weighted by Crippen LogP contribution is 2.06. The Morgan fingerprint density at radius 1 is 1.44 bits per heavy atom. The van der Waals surface area contributed by atoms with E-state index in [-0.39, 0.29) is 12.3 Å². The minimum absolute atomic E-state index is 0.137. The van der Waals surface area contributed by atoms with Crippen molar-refractivity contribution in [2.45, 2.75) is 39.8 Å². The zero-order valence-corrected chi connectivity index (χ0v) is 11.1. The van der Waals surface area contributed by atoms with Crippen LogP contribution in [0.2, 0.25) is 0 Å². The van der Waals surface area contributed by atoms with Gasteiger partial charge >= 0.3 is 6.09 Å². The Labute approximate surface area is 105 Å². The summed E-state index contributed by atoms with van der Waals surface area (Å²) in [7, 11) is 0. The van der Waals surface area contributed by atoms with Gasteiger partial charge in [0.15, 0.2) is 0 Å². The molecule has 0 aliphatic rings. The van der Waals surface area contributed by atoms with E-state index in [1.165, 1.54) is 10.9 Å². The molecule has 1 amide bonds. The van der Waals surface area contributed by atoms with Crippen LogP contribution < -0.4 is 5.32 Å². The van der Waals surface area contributed by atoms with Crippen LogP contribution in [0, 0.1) is 0 Å². The molecule has 0 aliphatic heterocycles. The van der Waals surface area contributed by atoms with Gasteiger partial charge in [-0.15, -0.1) is 5.10 Å². The van der Waals surface area contributed by atoms with E-state index in [4.69, 9.17) is 4.74 Å². The summed E-state index contributed by atoms with van der Waals surface area (Å²) in [5.41, 5.74) is -0.214. The van der Waals surface area contributed by atoms with E-state index in [9.17, 15) is 9.59 Å². The van der Waals surface area contributed by atoms with Crippen molar-refractivity contribution in [3.8, 4) is 0 Å². The van der Waals surface area contributed by atoms with E-state index in [0.717, 1.165) is 0 Å². The number of nitrogens with zero attached hydrogens (tertiary/aromatic N) is 3. The molecule has 0 bridgehead atoms. The predicted molar refractivity (Wildman–Crippen MR) is 64.3 cm³/mol. The van der Waals surface area contributed by atoms with Gasteiger partial charge in [0, 0.05) is 6.54 Å². The number of ketones is 1. The molecule has 7 heteroatoms. The van der Waals surface area contributed by atoms with Gasteiger partial charge in [-0.3, -0.25) is 4.79 Å². The zero-order chi connectivity index (χ0) is 13.8. The summed E-state index contributed by atoms with van der Waals surface area (Å²) in [6.07, 6.45) is 0.758. The summed E-state index contributed by atoms with van der Waals surface area (Å²) < 4.78 is 6.49. The number of carbonyl (C=O) groups excluding carboxylic acids is 2. The molecular formula is C11H18N4O3. The summed E-state index contributed by atoms with van der Waals surface area (Å²) in [5, 5.41) is 9.79. The highest BCUT2D eigenvalue weighted by atomic mass is 16.6. The standard InChI is InChI=1S/C11H18N4O3/c1-5-15-8(6-13-14-15)9(16)7-12-10(17)18-11(2,3)4/h6H,5,7H2,1-4H3,(H,12,17). The molecule has 0 unspecified atom stereocenters. The number of Topliss-reactive ketones (excluding diaryl/α,β-unsaturated/α-hetero) is 1. The summed E-state index contributed by atoms with van der Waals surface area (Å²) in [6, 6.07) is 0. The maximum Gasteiger partial charge on any atom is 0.408 e. The van der Waals surface area contributed by atoms with Crippen LogP contribution in [0.4, 0.5) is 4.79 Å². The third-order valence-corrected chi connectivity index (χ3v) is 2.00. The molecule has 1 N–H and O–H groups in total. The lowest BCUT2D eigenvalue weighted by Gasteiger charge is -2.19. The molecule has 18 heavy (non-hydrogen) atoms. The number of amides is 1. The van der Waals surface area contributed by atoms with Gasteiger partial charge in [-0.05, 0) is 27.7 Å². The van der Waals surface area contributed by atoms with E-state index < -0.39 is 11.7 Å². The molecule has 1 heterocycles. The van der Waals surface area contributed by atoms with Gasteiger partial charge in [0.2, 0.25) is 5.78 Å². The van der Waals surface area contributed by atoms with Crippen LogP contribution in [0.1, 0.15) is 38.2 Å². The van der Waals surface area contributed by atoms with Crippen molar-refractivity contribution >= 4 is 11.9 Å². The number of ether oxygens (including phenoxy) is 1. The number of rotatable bonds is 4. The summed E-state index contributed by atoms with van der Waals surface area (Å²) in [6.45, 7) is 7.53. The van der Waals surface area contributed by atoms with Gasteiger partial charge in [-0.1, -0.05) is 5.21 Å². The van der Waals surface area contributed by atoms with Crippen LogP contribution in [0.5, 0.6) is 0 Å². The van der Waals surface area contributed by atoms with Crippen LogP contribution in [-0.4, -0.2) is 39.0 Å². The predicted octanol–water partition coefficient (Wildman–Crippen LogP) is 1.01. The second kappa shape index (κ2) is 5.61. The van der Waals surface area contributed by atoms with Crippen LogP contribution in [0.15, 0.2) is 6.20 Å². The van der Waals surface area contributed by atoms with Crippen molar-refractivity contribution in [1.29, 1.82) is 0 Å². The fraction of sp³-hybridized carbons (Fsp3) is 0.636. The van der Waals surface area contributed by atoms with Crippen LogP contribution in [0.25, 0.3) is 0 Å². The van der Waals surface area contributed by atoms with Crippen molar-refractivity contribution in [1.82, 2.24) is 20.3 Å². The third kappa shape index (κ3) is 4.15. The highest BCUT2D eigenvalue weighted by Gasteiger charge is 2.18. The molecule has 0 spiro atoms. The Kier molecular flexibility index (Phi) is 4.41. The number of hydrogen-bond acceptors (Lipinski definition) is 5. The molecular weight excluding hydrogens is 236 g/mol.